The van der Waals surface area contributed by atoms with Gasteiger partial charge in [-0.3, -0.25) is 9.59 Å². The first-order valence-electron chi connectivity index (χ1n) is 10.0. The van der Waals surface area contributed by atoms with E-state index in [4.69, 9.17) is 4.74 Å². The number of para-hydroxylation sites is 1. The summed E-state index contributed by atoms with van der Waals surface area (Å²) in [6.07, 6.45) is 0. The molecule has 1 amide bonds. The zero-order chi connectivity index (χ0) is 22.0. The molecule has 6 nitrogen and oxygen atoms in total. The van der Waals surface area contributed by atoms with Crippen molar-refractivity contribution in [2.75, 3.05) is 7.11 Å². The smallest absolute Gasteiger partial charge is 0.279 e. The molecule has 0 fully saturated rings. The predicted molar refractivity (Wildman–Crippen MR) is 121 cm³/mol. The van der Waals surface area contributed by atoms with Crippen LogP contribution in [-0.2, 0) is 0 Å². The number of carbonyl (C=O) groups excluding carboxylic acids is 1. The molecule has 0 aliphatic carbocycles. The van der Waals surface area contributed by atoms with Gasteiger partial charge in [-0.2, -0.15) is 9.78 Å². The molecule has 0 bridgehead atoms. The first-order chi connectivity index (χ1) is 15.0. The van der Waals surface area contributed by atoms with Crippen molar-refractivity contribution in [2.24, 2.45) is 0 Å². The molecule has 0 saturated carbocycles. The Bertz CT molecular complexity index is 1310. The van der Waals surface area contributed by atoms with Crippen molar-refractivity contribution in [1.82, 2.24) is 15.1 Å². The second kappa shape index (κ2) is 8.44. The summed E-state index contributed by atoms with van der Waals surface area (Å²) in [5, 5.41) is 8.40. The van der Waals surface area contributed by atoms with Crippen LogP contribution >= 0.6 is 0 Å². The number of aromatic nitrogens is 2. The van der Waals surface area contributed by atoms with Crippen LogP contribution in [0.25, 0.3) is 16.5 Å². The van der Waals surface area contributed by atoms with Crippen molar-refractivity contribution in [3.63, 3.8) is 0 Å². The molecule has 0 aliphatic heterocycles. The second-order valence-corrected chi connectivity index (χ2v) is 7.39. The highest BCUT2D eigenvalue weighted by Gasteiger charge is 2.21. The van der Waals surface area contributed by atoms with Gasteiger partial charge >= 0.3 is 0 Å². The largest absolute Gasteiger partial charge is 0.496 e. The normalized spacial score (nSPS) is 11.8. The molecule has 0 spiro atoms. The monoisotopic (exact) mass is 413 g/mol. The zero-order valence-corrected chi connectivity index (χ0v) is 17.6. The number of aryl methyl sites for hydroxylation is 1. The van der Waals surface area contributed by atoms with Crippen LogP contribution in [0.5, 0.6) is 5.75 Å². The number of hydrogen-bond acceptors (Lipinski definition) is 4. The number of fused-ring (bicyclic) bond motifs is 1. The van der Waals surface area contributed by atoms with E-state index in [0.717, 1.165) is 11.1 Å². The third-order valence-corrected chi connectivity index (χ3v) is 5.22. The fourth-order valence-corrected chi connectivity index (χ4v) is 3.64. The highest BCUT2D eigenvalue weighted by atomic mass is 16.5. The van der Waals surface area contributed by atoms with Crippen LogP contribution in [0.4, 0.5) is 0 Å². The van der Waals surface area contributed by atoms with Crippen molar-refractivity contribution in [1.29, 1.82) is 0 Å². The van der Waals surface area contributed by atoms with Crippen LogP contribution in [-0.4, -0.2) is 22.8 Å². The Morgan fingerprint density at radius 1 is 1.00 bits per heavy atom. The molecule has 31 heavy (non-hydrogen) atoms. The number of amides is 1. The summed E-state index contributed by atoms with van der Waals surface area (Å²) < 4.78 is 6.73. The van der Waals surface area contributed by atoms with Crippen molar-refractivity contribution >= 4 is 16.7 Å². The quantitative estimate of drug-likeness (QED) is 0.532. The Morgan fingerprint density at radius 2 is 1.68 bits per heavy atom. The predicted octanol–water partition coefficient (Wildman–Crippen LogP) is 4.19. The summed E-state index contributed by atoms with van der Waals surface area (Å²) in [5.41, 5.74) is 2.46. The van der Waals surface area contributed by atoms with Crippen LogP contribution in [0, 0.1) is 6.92 Å². The van der Waals surface area contributed by atoms with Gasteiger partial charge in [0, 0.05) is 10.9 Å². The molecule has 1 aromatic heterocycles. The van der Waals surface area contributed by atoms with E-state index >= 15 is 0 Å². The van der Waals surface area contributed by atoms with Crippen LogP contribution in [0.1, 0.15) is 34.6 Å². The summed E-state index contributed by atoms with van der Waals surface area (Å²) >= 11 is 0. The summed E-state index contributed by atoms with van der Waals surface area (Å²) in [6.45, 7) is 3.88. The molecule has 1 heterocycles. The zero-order valence-electron chi connectivity index (χ0n) is 17.6. The van der Waals surface area contributed by atoms with Gasteiger partial charge in [0.15, 0.2) is 5.69 Å². The summed E-state index contributed by atoms with van der Waals surface area (Å²) in [6, 6.07) is 21.6. The standard InChI is InChI=1S/C25H23N3O3/c1-16-13-14-22(31-3)21(15-16)17(2)26-24(29)23-19-11-7-8-12-20(19)25(30)28(27-23)18-9-5-4-6-10-18/h4-15,17H,1-3H3,(H,26,29)/t17-/m1/s1. The number of rotatable bonds is 5. The summed E-state index contributed by atoms with van der Waals surface area (Å²) in [7, 11) is 1.60. The first kappa shape index (κ1) is 20.3. The maximum atomic E-state index is 13.3. The van der Waals surface area contributed by atoms with E-state index in [1.807, 2.05) is 50.2 Å². The number of ether oxygens (including phenoxy) is 1. The van der Waals surface area contributed by atoms with Gasteiger partial charge in [0.25, 0.3) is 11.5 Å². The van der Waals surface area contributed by atoms with Crippen molar-refractivity contribution in [2.45, 2.75) is 19.9 Å². The number of benzene rings is 3. The van der Waals surface area contributed by atoms with Crippen molar-refractivity contribution in [3.8, 4) is 11.4 Å². The lowest BCUT2D eigenvalue weighted by molar-refractivity contribution is 0.0934. The fraction of sp³-hybridized carbons (Fsp3) is 0.160. The number of nitrogens with one attached hydrogen (secondary N) is 1. The van der Waals surface area contributed by atoms with Gasteiger partial charge in [-0.25, -0.2) is 0 Å². The SMILES string of the molecule is COc1ccc(C)cc1[C@@H](C)NC(=O)c1nn(-c2ccccc2)c(=O)c2ccccc12. The molecule has 0 aliphatic rings. The molecular weight excluding hydrogens is 390 g/mol. The number of nitrogens with zero attached hydrogens (tertiary/aromatic N) is 2. The van der Waals surface area contributed by atoms with E-state index in [2.05, 4.69) is 10.4 Å². The van der Waals surface area contributed by atoms with E-state index in [-0.39, 0.29) is 23.2 Å². The number of hydrogen-bond donors (Lipinski definition) is 1. The molecule has 0 saturated heterocycles. The van der Waals surface area contributed by atoms with E-state index in [1.165, 1.54) is 4.68 Å². The molecule has 0 unspecified atom stereocenters. The maximum Gasteiger partial charge on any atom is 0.279 e. The lowest BCUT2D eigenvalue weighted by Gasteiger charge is -2.18. The first-order valence-corrected chi connectivity index (χ1v) is 10.0. The van der Waals surface area contributed by atoms with Gasteiger partial charge < -0.3 is 10.1 Å². The Labute approximate surface area is 180 Å². The van der Waals surface area contributed by atoms with E-state index in [1.54, 1.807) is 43.5 Å². The van der Waals surface area contributed by atoms with Gasteiger partial charge in [-0.15, -0.1) is 0 Å². The lowest BCUT2D eigenvalue weighted by atomic mass is 10.0. The Hall–Kier alpha value is -3.93. The highest BCUT2D eigenvalue weighted by molar-refractivity contribution is 6.05. The molecule has 6 heteroatoms. The van der Waals surface area contributed by atoms with Crippen LogP contribution in [0.15, 0.2) is 77.6 Å². The molecular formula is C25H23N3O3. The third kappa shape index (κ3) is 3.92. The Balaban J connectivity index is 1.79. The Morgan fingerprint density at radius 3 is 2.39 bits per heavy atom. The molecule has 156 valence electrons. The molecule has 1 atom stereocenters. The summed E-state index contributed by atoms with van der Waals surface area (Å²) in [4.78, 5) is 26.3. The lowest BCUT2D eigenvalue weighted by Crippen LogP contribution is -2.31. The van der Waals surface area contributed by atoms with Crippen LogP contribution in [0.2, 0.25) is 0 Å². The summed E-state index contributed by atoms with van der Waals surface area (Å²) in [5.74, 6) is 0.336. The molecule has 0 radical (unpaired) electrons. The van der Waals surface area contributed by atoms with E-state index in [0.29, 0.717) is 22.2 Å². The molecule has 3 aromatic carbocycles. The number of carbonyl (C=O) groups is 1. The van der Waals surface area contributed by atoms with Gasteiger partial charge in [0.1, 0.15) is 5.75 Å². The Kier molecular flexibility index (Phi) is 5.54. The topological polar surface area (TPSA) is 73.2 Å². The maximum absolute atomic E-state index is 13.3. The number of methoxy groups -OCH3 is 1. The molecule has 4 rings (SSSR count). The van der Waals surface area contributed by atoms with Crippen molar-refractivity contribution < 1.29 is 9.53 Å². The van der Waals surface area contributed by atoms with Gasteiger partial charge in [-0.1, -0.05) is 54.1 Å². The molecule has 1 N–H and O–H groups in total. The second-order valence-electron chi connectivity index (χ2n) is 7.39. The van der Waals surface area contributed by atoms with Gasteiger partial charge in [0.05, 0.1) is 24.2 Å². The highest BCUT2D eigenvalue weighted by Crippen LogP contribution is 2.26. The van der Waals surface area contributed by atoms with E-state index in [9.17, 15) is 9.59 Å². The fourth-order valence-electron chi connectivity index (χ4n) is 3.64. The van der Waals surface area contributed by atoms with Crippen LogP contribution < -0.4 is 15.6 Å². The van der Waals surface area contributed by atoms with Gasteiger partial charge in [0.2, 0.25) is 0 Å². The average Bonchev–Trinajstić information content (AvgIpc) is 2.80. The minimum atomic E-state index is -0.364. The minimum Gasteiger partial charge on any atom is -0.496 e. The van der Waals surface area contributed by atoms with Crippen molar-refractivity contribution in [3.05, 3.63) is 100.0 Å². The van der Waals surface area contributed by atoms with Crippen LogP contribution in [0.3, 0.4) is 0 Å². The minimum absolute atomic E-state index is 0.192. The molecule has 4 aromatic rings. The van der Waals surface area contributed by atoms with Gasteiger partial charge in [-0.05, 0) is 38.1 Å². The average molecular weight is 413 g/mol. The third-order valence-electron chi connectivity index (χ3n) is 5.22. The van der Waals surface area contributed by atoms with E-state index < -0.39 is 0 Å².